The Bertz CT molecular complexity index is 947. The van der Waals surface area contributed by atoms with Crippen molar-refractivity contribution in [1.29, 1.82) is 5.41 Å². The Morgan fingerprint density at radius 1 is 0.966 bits per heavy atom. The first kappa shape index (κ1) is 20.1. The smallest absolute Gasteiger partial charge is 0.406 e. The number of aromatic nitrogens is 2. The van der Waals surface area contributed by atoms with E-state index in [4.69, 9.17) is 5.41 Å². The highest BCUT2D eigenvalue weighted by molar-refractivity contribution is 5.91. The minimum absolute atomic E-state index is 0.318. The Labute approximate surface area is 165 Å². The van der Waals surface area contributed by atoms with Crippen molar-refractivity contribution in [2.24, 2.45) is 0 Å². The van der Waals surface area contributed by atoms with E-state index in [1.165, 1.54) is 36.2 Å². The average Bonchev–Trinajstić information content (AvgIpc) is 2.69. The van der Waals surface area contributed by atoms with Crippen molar-refractivity contribution in [3.8, 4) is 5.75 Å². The third kappa shape index (κ3) is 5.93. The lowest BCUT2D eigenvalue weighted by Gasteiger charge is -2.13. The van der Waals surface area contributed by atoms with Crippen LogP contribution in [0.3, 0.4) is 0 Å². The van der Waals surface area contributed by atoms with Gasteiger partial charge in [-0.1, -0.05) is 30.3 Å². The van der Waals surface area contributed by atoms with Gasteiger partial charge in [-0.25, -0.2) is 9.97 Å². The van der Waals surface area contributed by atoms with Crippen LogP contribution < -0.4 is 15.4 Å². The summed E-state index contributed by atoms with van der Waals surface area (Å²) < 4.78 is 40.6. The molecule has 0 fully saturated rings. The summed E-state index contributed by atoms with van der Waals surface area (Å²) in [4.78, 5) is 8.31. The van der Waals surface area contributed by atoms with Crippen molar-refractivity contribution in [3.63, 3.8) is 0 Å². The van der Waals surface area contributed by atoms with Crippen LogP contribution in [-0.2, 0) is 6.42 Å². The van der Waals surface area contributed by atoms with Crippen molar-refractivity contribution in [3.05, 3.63) is 72.1 Å². The van der Waals surface area contributed by atoms with E-state index in [2.05, 4.69) is 25.3 Å². The number of rotatable bonds is 8. The molecule has 0 bridgehead atoms. The van der Waals surface area contributed by atoms with Crippen LogP contribution in [0.25, 0.3) is 0 Å². The molecule has 150 valence electrons. The molecule has 0 amide bonds. The van der Waals surface area contributed by atoms with E-state index in [9.17, 15) is 13.2 Å². The molecule has 0 saturated heterocycles. The molecule has 0 spiro atoms. The third-order valence-corrected chi connectivity index (χ3v) is 3.93. The normalized spacial score (nSPS) is 11.0. The summed E-state index contributed by atoms with van der Waals surface area (Å²) in [5.74, 6) is 0.536. The largest absolute Gasteiger partial charge is 0.573 e. The number of alkyl halides is 3. The van der Waals surface area contributed by atoms with Crippen LogP contribution in [-0.4, -0.2) is 29.1 Å². The molecule has 3 N–H and O–H groups in total. The van der Waals surface area contributed by atoms with E-state index in [0.29, 0.717) is 29.4 Å². The Hall–Kier alpha value is -3.62. The lowest BCUT2D eigenvalue weighted by Crippen LogP contribution is -2.17. The van der Waals surface area contributed by atoms with E-state index in [1.807, 2.05) is 30.3 Å². The fraction of sp³-hybridized carbons (Fsp3) is 0.150. The number of benzene rings is 2. The molecule has 0 radical (unpaired) electrons. The monoisotopic (exact) mass is 401 g/mol. The molecular weight excluding hydrogens is 383 g/mol. The topological polar surface area (TPSA) is 82.9 Å². The summed E-state index contributed by atoms with van der Waals surface area (Å²) in [5.41, 5.74) is 2.11. The second-order valence-electron chi connectivity index (χ2n) is 5.99. The van der Waals surface area contributed by atoms with Gasteiger partial charge < -0.3 is 20.8 Å². The molecule has 1 aromatic heterocycles. The fourth-order valence-electron chi connectivity index (χ4n) is 2.62. The Kier molecular flexibility index (Phi) is 6.28. The van der Waals surface area contributed by atoms with Crippen molar-refractivity contribution >= 4 is 23.5 Å². The zero-order chi connectivity index (χ0) is 20.7. The zero-order valence-electron chi connectivity index (χ0n) is 15.2. The number of nitrogens with zero attached hydrogens (tertiary/aromatic N) is 2. The number of hydrogen-bond acceptors (Lipinski definition) is 6. The van der Waals surface area contributed by atoms with Gasteiger partial charge in [-0.05, 0) is 36.2 Å². The third-order valence-electron chi connectivity index (χ3n) is 3.93. The molecule has 0 atom stereocenters. The molecule has 2 aromatic carbocycles. The van der Waals surface area contributed by atoms with Gasteiger partial charge in [0.25, 0.3) is 0 Å². The predicted molar refractivity (Wildman–Crippen MR) is 105 cm³/mol. The molecule has 0 aliphatic carbocycles. The highest BCUT2D eigenvalue weighted by Gasteiger charge is 2.30. The fourth-order valence-corrected chi connectivity index (χ4v) is 2.62. The van der Waals surface area contributed by atoms with Gasteiger partial charge in [-0.3, -0.25) is 0 Å². The van der Waals surface area contributed by atoms with Gasteiger partial charge in [0.05, 0.1) is 5.56 Å². The van der Waals surface area contributed by atoms with Gasteiger partial charge in [-0.2, -0.15) is 0 Å². The molecule has 3 rings (SSSR count). The number of halogens is 3. The quantitative estimate of drug-likeness (QED) is 0.474. The average molecular weight is 401 g/mol. The number of ether oxygens (including phenoxy) is 1. The van der Waals surface area contributed by atoms with Crippen molar-refractivity contribution in [2.45, 2.75) is 12.8 Å². The standard InChI is InChI=1S/C20H18F3N5O/c21-20(22,23)29-16-8-6-15(7-9-16)28-19-17(12-24)18(26-13-27-19)25-11-10-14-4-2-1-3-5-14/h1-9,12-13,24H,10-11H2,(H2,25,26,27,28). The van der Waals surface area contributed by atoms with E-state index in [1.54, 1.807) is 0 Å². The van der Waals surface area contributed by atoms with E-state index in [0.717, 1.165) is 12.6 Å². The van der Waals surface area contributed by atoms with Crippen LogP contribution in [0.15, 0.2) is 60.9 Å². The highest BCUT2D eigenvalue weighted by atomic mass is 19.4. The van der Waals surface area contributed by atoms with Gasteiger partial charge in [0, 0.05) is 18.4 Å². The first-order valence-corrected chi connectivity index (χ1v) is 8.71. The van der Waals surface area contributed by atoms with Gasteiger partial charge in [-0.15, -0.1) is 13.2 Å². The summed E-state index contributed by atoms with van der Waals surface area (Å²) >= 11 is 0. The van der Waals surface area contributed by atoms with Crippen LogP contribution in [0.1, 0.15) is 11.1 Å². The molecule has 29 heavy (non-hydrogen) atoms. The second-order valence-corrected chi connectivity index (χ2v) is 5.99. The Morgan fingerprint density at radius 2 is 1.66 bits per heavy atom. The molecule has 9 heteroatoms. The Morgan fingerprint density at radius 3 is 2.31 bits per heavy atom. The number of nitrogens with one attached hydrogen (secondary N) is 3. The van der Waals surface area contributed by atoms with Crippen molar-refractivity contribution in [2.75, 3.05) is 17.2 Å². The van der Waals surface area contributed by atoms with Crippen LogP contribution in [0.5, 0.6) is 5.75 Å². The minimum atomic E-state index is -4.74. The van der Waals surface area contributed by atoms with E-state index < -0.39 is 6.36 Å². The summed E-state index contributed by atoms with van der Waals surface area (Å²) in [5, 5.41) is 13.9. The molecule has 3 aromatic rings. The van der Waals surface area contributed by atoms with Gasteiger partial charge >= 0.3 is 6.36 Å². The minimum Gasteiger partial charge on any atom is -0.406 e. The van der Waals surface area contributed by atoms with E-state index >= 15 is 0 Å². The summed E-state index contributed by atoms with van der Waals surface area (Å²) in [6.45, 7) is 0.616. The van der Waals surface area contributed by atoms with Crippen LogP contribution in [0.4, 0.5) is 30.5 Å². The molecule has 0 saturated carbocycles. The molecule has 6 nitrogen and oxygen atoms in total. The molecule has 0 unspecified atom stereocenters. The summed E-state index contributed by atoms with van der Waals surface area (Å²) in [6, 6.07) is 15.2. The lowest BCUT2D eigenvalue weighted by atomic mass is 10.1. The van der Waals surface area contributed by atoms with Crippen molar-refractivity contribution < 1.29 is 17.9 Å². The maximum absolute atomic E-state index is 12.3. The molecule has 0 aliphatic rings. The van der Waals surface area contributed by atoms with Crippen LogP contribution in [0, 0.1) is 5.41 Å². The molecular formula is C20H18F3N5O. The van der Waals surface area contributed by atoms with Gasteiger partial charge in [0.1, 0.15) is 23.7 Å². The lowest BCUT2D eigenvalue weighted by molar-refractivity contribution is -0.274. The zero-order valence-corrected chi connectivity index (χ0v) is 15.2. The predicted octanol–water partition coefficient (Wildman–Crippen LogP) is 4.77. The van der Waals surface area contributed by atoms with Gasteiger partial charge in [0.15, 0.2) is 0 Å². The number of hydrogen-bond donors (Lipinski definition) is 3. The SMILES string of the molecule is N=Cc1c(NCCc2ccccc2)ncnc1Nc1ccc(OC(F)(F)F)cc1. The first-order valence-electron chi connectivity index (χ1n) is 8.71. The van der Waals surface area contributed by atoms with Gasteiger partial charge in [0.2, 0.25) is 0 Å². The highest BCUT2D eigenvalue weighted by Crippen LogP contribution is 2.26. The second kappa shape index (κ2) is 9.05. The Balaban J connectivity index is 1.68. The first-order chi connectivity index (χ1) is 13.9. The maximum atomic E-state index is 12.3. The maximum Gasteiger partial charge on any atom is 0.573 e. The van der Waals surface area contributed by atoms with Crippen LogP contribution in [0.2, 0.25) is 0 Å². The van der Waals surface area contributed by atoms with E-state index in [-0.39, 0.29) is 5.75 Å². The summed E-state index contributed by atoms with van der Waals surface area (Å²) in [6.07, 6.45) is -1.49. The van der Waals surface area contributed by atoms with Crippen molar-refractivity contribution in [1.82, 2.24) is 9.97 Å². The molecule has 1 heterocycles. The summed E-state index contributed by atoms with van der Waals surface area (Å²) in [7, 11) is 0. The van der Waals surface area contributed by atoms with Crippen LogP contribution >= 0.6 is 0 Å². The number of anilines is 3. The molecule has 0 aliphatic heterocycles.